The van der Waals surface area contributed by atoms with E-state index in [-0.39, 0.29) is 41.1 Å². The summed E-state index contributed by atoms with van der Waals surface area (Å²) in [5.74, 6) is 0.626. The Balaban J connectivity index is 0.00000184. The van der Waals surface area contributed by atoms with Crippen molar-refractivity contribution >= 4 is 15.4 Å². The van der Waals surface area contributed by atoms with E-state index in [1.54, 1.807) is 27.8 Å². The number of rotatable bonds is 3. The van der Waals surface area contributed by atoms with Crippen LogP contribution in [0.3, 0.4) is 0 Å². The molecule has 5 aliphatic carbocycles. The third-order valence-electron chi connectivity index (χ3n) is 10.9. The Labute approximate surface area is 281 Å². The first-order chi connectivity index (χ1) is 19.4. The van der Waals surface area contributed by atoms with Crippen LogP contribution >= 0.6 is 0 Å². The predicted molar refractivity (Wildman–Crippen MR) is 175 cm³/mol. The van der Waals surface area contributed by atoms with Gasteiger partial charge in [0.15, 0.2) is 0 Å². The minimum atomic E-state index is -2.37. The number of allylic oxidation sites excluding steroid dienone is 6. The molecular weight excluding hydrogens is 643 g/mol. The van der Waals surface area contributed by atoms with Crippen LogP contribution in [0.2, 0.25) is 0 Å². The van der Waals surface area contributed by atoms with Crippen LogP contribution in [0, 0.1) is 11.3 Å². The van der Waals surface area contributed by atoms with Crippen molar-refractivity contribution in [1.82, 2.24) is 0 Å². The van der Waals surface area contributed by atoms with Crippen molar-refractivity contribution in [2.75, 3.05) is 0 Å². The first kappa shape index (κ1) is 33.1. The van der Waals surface area contributed by atoms with Crippen molar-refractivity contribution in [2.24, 2.45) is 11.3 Å². The zero-order chi connectivity index (χ0) is 28.9. The maximum atomic E-state index is 2.75. The summed E-state index contributed by atoms with van der Waals surface area (Å²) in [4.78, 5) is 0. The quantitative estimate of drug-likeness (QED) is 0.425. The molecule has 1 atom stereocenters. The third kappa shape index (κ3) is 5.36. The number of fused-ring (bicyclic) bond motifs is 5. The molecule has 2 aromatic carbocycles. The Hall–Kier alpha value is -1.27. The first-order valence-electron chi connectivity index (χ1n) is 16.3. The molecule has 3 heteroatoms. The Bertz CT molecular complexity index is 1550. The van der Waals surface area contributed by atoms with Crippen molar-refractivity contribution in [3.63, 3.8) is 0 Å². The Morgan fingerprint density at radius 2 is 1.28 bits per heavy atom. The van der Waals surface area contributed by atoms with E-state index >= 15 is 0 Å². The van der Waals surface area contributed by atoms with E-state index in [0.717, 1.165) is 0 Å². The normalized spacial score (nSPS) is 22.0. The predicted octanol–water partition coefficient (Wildman–Crippen LogP) is 5.02. The molecule has 0 spiro atoms. The van der Waals surface area contributed by atoms with E-state index in [1.807, 2.05) is 6.49 Å². The van der Waals surface area contributed by atoms with Crippen LogP contribution in [0.15, 0.2) is 57.4 Å². The van der Waals surface area contributed by atoms with Crippen LogP contribution in [0.4, 0.5) is 0 Å². The van der Waals surface area contributed by atoms with Crippen molar-refractivity contribution < 1.29 is 46.1 Å². The van der Waals surface area contributed by atoms with E-state index < -0.39 is 21.3 Å². The average molecular weight is 691 g/mol. The van der Waals surface area contributed by atoms with E-state index in [9.17, 15) is 0 Å². The van der Waals surface area contributed by atoms with E-state index in [0.29, 0.717) is 9.54 Å². The van der Waals surface area contributed by atoms with Gasteiger partial charge in [0.2, 0.25) is 0 Å². The van der Waals surface area contributed by atoms with Gasteiger partial charge in [0.1, 0.15) is 0 Å². The minimum absolute atomic E-state index is 0. The summed E-state index contributed by atoms with van der Waals surface area (Å²) >= 11 is -2.37. The van der Waals surface area contributed by atoms with Gasteiger partial charge in [-0.05, 0) is 0 Å². The van der Waals surface area contributed by atoms with Crippen LogP contribution in [0.25, 0.3) is 23.3 Å². The van der Waals surface area contributed by atoms with Crippen LogP contribution < -0.4 is 24.8 Å². The molecule has 1 unspecified atom stereocenters. The molecule has 0 aliphatic heterocycles. The van der Waals surface area contributed by atoms with Gasteiger partial charge in [-0.25, -0.2) is 0 Å². The summed E-state index contributed by atoms with van der Waals surface area (Å²) in [6, 6.07) is 10.5. The molecule has 0 aromatic heterocycles. The maximum Gasteiger partial charge on any atom is -1.00 e. The van der Waals surface area contributed by atoms with E-state index in [4.69, 9.17) is 0 Å². The van der Waals surface area contributed by atoms with E-state index in [1.165, 1.54) is 60.8 Å². The molecular formula is C40H48Cl2Zr. The van der Waals surface area contributed by atoms with Gasteiger partial charge >= 0.3 is 258 Å². The average Bonchev–Trinajstić information content (AvgIpc) is 3.66. The van der Waals surface area contributed by atoms with Gasteiger partial charge < -0.3 is 24.8 Å². The maximum absolute atomic E-state index is 2.75. The van der Waals surface area contributed by atoms with Crippen LogP contribution in [0.5, 0.6) is 0 Å². The molecule has 0 amide bonds. The fraction of sp³-hybridized carbons (Fsp3) is 0.475. The molecule has 0 bridgehead atoms. The van der Waals surface area contributed by atoms with Crippen molar-refractivity contribution in [3.05, 3.63) is 90.8 Å². The van der Waals surface area contributed by atoms with Gasteiger partial charge in [-0.1, -0.05) is 0 Å². The summed E-state index contributed by atoms with van der Waals surface area (Å²) in [6.45, 7) is 19.3. The second-order valence-electron chi connectivity index (χ2n) is 15.7. The molecule has 2 aromatic rings. The molecule has 1 saturated carbocycles. The van der Waals surface area contributed by atoms with Crippen LogP contribution in [0.1, 0.15) is 131 Å². The standard InChI is InChI=1S/C23H21.C11H17.C6H10.2ClH.Zr/c1-22(2)7-5-14-10-18-16(12-20(14)22)9-17-13-21-15(11-19(17)18)6-8-23(21,3)4;1-5-9-6-7-10(8-9)11(2,3)4;1-2-4-6-5-3-1;;;/h5-13H,1-4H3;7-9H,5H2,1-4H3;1-5H2;2*1H;/q;;;;;+2/p-2. The minimum Gasteiger partial charge on any atom is -1.00 e. The third-order valence-corrected chi connectivity index (χ3v) is 19.8. The summed E-state index contributed by atoms with van der Waals surface area (Å²) < 4.78 is 4.51. The second kappa shape index (κ2) is 11.5. The number of halogens is 2. The zero-order valence-electron chi connectivity index (χ0n) is 27.4. The molecule has 0 saturated heterocycles. The Kier molecular flexibility index (Phi) is 8.86. The van der Waals surface area contributed by atoms with E-state index in [2.05, 4.69) is 116 Å². The molecule has 0 N–H and O–H groups in total. The monoisotopic (exact) mass is 688 g/mol. The van der Waals surface area contributed by atoms with Crippen LogP contribution in [-0.2, 0) is 32.1 Å². The molecule has 226 valence electrons. The van der Waals surface area contributed by atoms with Gasteiger partial charge in [-0.3, -0.25) is 0 Å². The molecule has 0 nitrogen and oxygen atoms in total. The molecule has 0 heterocycles. The fourth-order valence-electron chi connectivity index (χ4n) is 8.39. The zero-order valence-corrected chi connectivity index (χ0v) is 31.4. The molecule has 43 heavy (non-hydrogen) atoms. The largest absolute Gasteiger partial charge is 1.00 e. The molecule has 7 rings (SSSR count). The summed E-state index contributed by atoms with van der Waals surface area (Å²) in [5, 5.41) is 0. The van der Waals surface area contributed by atoms with Gasteiger partial charge in [0.25, 0.3) is 0 Å². The Morgan fingerprint density at radius 1 is 0.767 bits per heavy atom. The van der Waals surface area contributed by atoms with Gasteiger partial charge in [-0.2, -0.15) is 0 Å². The van der Waals surface area contributed by atoms with Crippen LogP contribution in [-0.4, -0.2) is 3.21 Å². The SMILES string of the molecule is CCC1C=C(C(C)(C)C)C=[C]1[Zr+2](=[C]1CCCCC1)[CH]1c2cc3c(cc2-c2cc4c(cc21)C(C)(C)C=C4)C=CC3(C)C.[Cl-].[Cl-]. The number of hydrogen-bond acceptors (Lipinski definition) is 0. The number of hydrogen-bond donors (Lipinski definition) is 0. The summed E-state index contributed by atoms with van der Waals surface area (Å²) in [7, 11) is 0. The van der Waals surface area contributed by atoms with Gasteiger partial charge in [0.05, 0.1) is 0 Å². The first-order valence-corrected chi connectivity index (χ1v) is 20.2. The molecule has 5 aliphatic rings. The summed E-state index contributed by atoms with van der Waals surface area (Å²) in [5.41, 5.74) is 14.4. The Morgan fingerprint density at radius 3 is 1.74 bits per heavy atom. The van der Waals surface area contributed by atoms with Crippen molar-refractivity contribution in [3.8, 4) is 11.1 Å². The van der Waals surface area contributed by atoms with Crippen molar-refractivity contribution in [2.45, 2.75) is 108 Å². The number of benzene rings is 2. The fourth-order valence-corrected chi connectivity index (χ4v) is 18.6. The van der Waals surface area contributed by atoms with Gasteiger partial charge in [0, 0.05) is 0 Å². The second-order valence-corrected chi connectivity index (χ2v) is 22.3. The topological polar surface area (TPSA) is 0 Å². The van der Waals surface area contributed by atoms with Crippen molar-refractivity contribution in [1.29, 1.82) is 0 Å². The summed E-state index contributed by atoms with van der Waals surface area (Å²) in [6.07, 6.45) is 23.3. The smallest absolute Gasteiger partial charge is 1.00 e. The van der Waals surface area contributed by atoms with Gasteiger partial charge in [-0.15, -0.1) is 0 Å². The molecule has 0 radical (unpaired) electrons. The molecule has 1 fully saturated rings.